The molecule has 0 aromatic carbocycles. The summed E-state index contributed by atoms with van der Waals surface area (Å²) in [4.78, 5) is 37.9. The Morgan fingerprint density at radius 1 is 0.282 bits per heavy atom. The first kappa shape index (κ1) is 68.9. The van der Waals surface area contributed by atoms with Crippen molar-refractivity contribution in [2.75, 3.05) is 13.2 Å². The summed E-state index contributed by atoms with van der Waals surface area (Å²) in [5.74, 6) is -0.856. The predicted octanol–water partition coefficient (Wildman–Crippen LogP) is 21.4. The molecular formula is C65H122O6. The molecule has 0 rings (SSSR count). The van der Waals surface area contributed by atoms with Crippen LogP contribution in [-0.4, -0.2) is 37.2 Å². The lowest BCUT2D eigenvalue weighted by atomic mass is 10.0. The van der Waals surface area contributed by atoms with Gasteiger partial charge in [-0.15, -0.1) is 0 Å². The van der Waals surface area contributed by atoms with Gasteiger partial charge in [-0.3, -0.25) is 14.4 Å². The van der Waals surface area contributed by atoms with Crippen LogP contribution in [0.1, 0.15) is 355 Å². The molecule has 418 valence electrons. The van der Waals surface area contributed by atoms with Gasteiger partial charge in [0.2, 0.25) is 0 Å². The molecule has 0 amide bonds. The first-order valence-corrected chi connectivity index (χ1v) is 31.8. The molecule has 0 aromatic rings. The quantitative estimate of drug-likeness (QED) is 0.0261. The highest BCUT2D eigenvalue weighted by Crippen LogP contribution is 2.18. The van der Waals surface area contributed by atoms with E-state index in [1.807, 2.05) is 0 Å². The second kappa shape index (κ2) is 60.4. The molecule has 0 aliphatic rings. The minimum atomic E-state index is -0.763. The maximum absolute atomic E-state index is 12.8. The van der Waals surface area contributed by atoms with E-state index in [0.717, 1.165) is 70.6 Å². The summed E-state index contributed by atoms with van der Waals surface area (Å²) in [6, 6.07) is 0. The molecule has 1 atom stereocenters. The summed E-state index contributed by atoms with van der Waals surface area (Å²) in [6.07, 6.45) is 72.4. The topological polar surface area (TPSA) is 78.9 Å². The van der Waals surface area contributed by atoms with Crippen molar-refractivity contribution in [3.63, 3.8) is 0 Å². The molecule has 6 nitrogen and oxygen atoms in total. The van der Waals surface area contributed by atoms with E-state index in [9.17, 15) is 14.4 Å². The third-order valence-electron chi connectivity index (χ3n) is 14.5. The highest BCUT2D eigenvalue weighted by atomic mass is 16.6. The van der Waals surface area contributed by atoms with Gasteiger partial charge in [0.15, 0.2) is 6.10 Å². The second-order valence-corrected chi connectivity index (χ2v) is 21.7. The van der Waals surface area contributed by atoms with E-state index in [1.165, 1.54) is 244 Å². The molecule has 0 aliphatic carbocycles. The van der Waals surface area contributed by atoms with Crippen LogP contribution < -0.4 is 0 Å². The summed E-state index contributed by atoms with van der Waals surface area (Å²) in [6.45, 7) is 6.61. The maximum atomic E-state index is 12.8. The maximum Gasteiger partial charge on any atom is 0.306 e. The van der Waals surface area contributed by atoms with Crippen molar-refractivity contribution in [2.45, 2.75) is 361 Å². The zero-order valence-electron chi connectivity index (χ0n) is 48.0. The third kappa shape index (κ3) is 58.7. The molecule has 0 N–H and O–H groups in total. The van der Waals surface area contributed by atoms with Crippen LogP contribution in [-0.2, 0) is 28.6 Å². The van der Waals surface area contributed by atoms with Crippen LogP contribution in [0.15, 0.2) is 24.3 Å². The fraction of sp³-hybridized carbons (Fsp3) is 0.892. The molecule has 0 radical (unpaired) electrons. The van der Waals surface area contributed by atoms with Crippen LogP contribution in [0, 0.1) is 0 Å². The summed E-state index contributed by atoms with van der Waals surface area (Å²) in [5, 5.41) is 0. The van der Waals surface area contributed by atoms with Crippen LogP contribution in [0.4, 0.5) is 0 Å². The predicted molar refractivity (Wildman–Crippen MR) is 307 cm³/mol. The third-order valence-corrected chi connectivity index (χ3v) is 14.5. The zero-order valence-corrected chi connectivity index (χ0v) is 48.0. The number of unbranched alkanes of at least 4 members (excludes halogenated alkanes) is 44. The molecule has 71 heavy (non-hydrogen) atoms. The van der Waals surface area contributed by atoms with Crippen LogP contribution in [0.2, 0.25) is 0 Å². The largest absolute Gasteiger partial charge is 0.462 e. The van der Waals surface area contributed by atoms with Gasteiger partial charge >= 0.3 is 17.9 Å². The lowest BCUT2D eigenvalue weighted by Gasteiger charge is -2.18. The second-order valence-electron chi connectivity index (χ2n) is 21.7. The molecule has 0 fully saturated rings. The normalized spacial score (nSPS) is 12.1. The molecule has 1 unspecified atom stereocenters. The van der Waals surface area contributed by atoms with Gasteiger partial charge in [-0.05, 0) is 51.4 Å². The first-order chi connectivity index (χ1) is 35.0. The number of hydrogen-bond acceptors (Lipinski definition) is 6. The molecule has 0 bridgehead atoms. The Morgan fingerprint density at radius 2 is 0.507 bits per heavy atom. The van der Waals surface area contributed by atoms with E-state index in [4.69, 9.17) is 14.2 Å². The van der Waals surface area contributed by atoms with Crippen molar-refractivity contribution in [3.05, 3.63) is 24.3 Å². The van der Waals surface area contributed by atoms with Gasteiger partial charge in [-0.25, -0.2) is 0 Å². The Kier molecular flexibility index (Phi) is 58.6. The van der Waals surface area contributed by atoms with Gasteiger partial charge in [0, 0.05) is 19.3 Å². The van der Waals surface area contributed by atoms with Crippen molar-refractivity contribution in [1.82, 2.24) is 0 Å². The summed E-state index contributed by atoms with van der Waals surface area (Å²) in [7, 11) is 0. The van der Waals surface area contributed by atoms with E-state index in [1.54, 1.807) is 0 Å². The van der Waals surface area contributed by atoms with Gasteiger partial charge in [-0.1, -0.05) is 308 Å². The van der Waals surface area contributed by atoms with Crippen LogP contribution in [0.5, 0.6) is 0 Å². The smallest absolute Gasteiger partial charge is 0.306 e. The molecule has 0 spiro atoms. The van der Waals surface area contributed by atoms with Gasteiger partial charge < -0.3 is 14.2 Å². The van der Waals surface area contributed by atoms with E-state index < -0.39 is 6.10 Å². The fourth-order valence-electron chi connectivity index (χ4n) is 9.65. The Morgan fingerprint density at radius 3 is 0.775 bits per heavy atom. The fourth-order valence-corrected chi connectivity index (χ4v) is 9.65. The van der Waals surface area contributed by atoms with Crippen molar-refractivity contribution < 1.29 is 28.6 Å². The monoisotopic (exact) mass is 999 g/mol. The van der Waals surface area contributed by atoms with Gasteiger partial charge in [0.1, 0.15) is 13.2 Å². The van der Waals surface area contributed by atoms with Crippen molar-refractivity contribution in [1.29, 1.82) is 0 Å². The van der Waals surface area contributed by atoms with Gasteiger partial charge in [0.05, 0.1) is 0 Å². The number of ether oxygens (including phenoxy) is 3. The first-order valence-electron chi connectivity index (χ1n) is 31.8. The Bertz CT molecular complexity index is 1150. The molecule has 0 saturated heterocycles. The molecule has 6 heteroatoms. The molecule has 0 aliphatic heterocycles. The molecule has 0 aromatic heterocycles. The molecule has 0 saturated carbocycles. The van der Waals surface area contributed by atoms with Crippen molar-refractivity contribution in [3.8, 4) is 0 Å². The molecular weight excluding hydrogens is 877 g/mol. The highest BCUT2D eigenvalue weighted by molar-refractivity contribution is 5.71. The zero-order chi connectivity index (χ0) is 51.4. The lowest BCUT2D eigenvalue weighted by Crippen LogP contribution is -2.30. The number of carbonyl (C=O) groups excluding carboxylic acids is 3. The minimum Gasteiger partial charge on any atom is -0.462 e. The van der Waals surface area contributed by atoms with E-state index in [2.05, 4.69) is 45.1 Å². The van der Waals surface area contributed by atoms with Crippen molar-refractivity contribution >= 4 is 17.9 Å². The summed E-state index contributed by atoms with van der Waals surface area (Å²) < 4.78 is 16.8. The van der Waals surface area contributed by atoms with E-state index in [0.29, 0.717) is 19.3 Å². The molecule has 0 heterocycles. The number of esters is 3. The van der Waals surface area contributed by atoms with Gasteiger partial charge in [0.25, 0.3) is 0 Å². The van der Waals surface area contributed by atoms with Crippen LogP contribution >= 0.6 is 0 Å². The summed E-state index contributed by atoms with van der Waals surface area (Å²) >= 11 is 0. The summed E-state index contributed by atoms with van der Waals surface area (Å²) in [5.41, 5.74) is 0. The highest BCUT2D eigenvalue weighted by Gasteiger charge is 2.19. The number of allylic oxidation sites excluding steroid dienone is 4. The van der Waals surface area contributed by atoms with E-state index >= 15 is 0 Å². The Hall–Kier alpha value is -2.11. The van der Waals surface area contributed by atoms with Crippen molar-refractivity contribution in [2.24, 2.45) is 0 Å². The van der Waals surface area contributed by atoms with E-state index in [-0.39, 0.29) is 31.1 Å². The average molecular weight is 1000 g/mol. The minimum absolute atomic E-state index is 0.0656. The number of rotatable bonds is 59. The Balaban J connectivity index is 3.95. The number of hydrogen-bond donors (Lipinski definition) is 0. The van der Waals surface area contributed by atoms with Crippen LogP contribution in [0.3, 0.4) is 0 Å². The number of carbonyl (C=O) groups is 3. The standard InChI is InChI=1S/C65H122O6/c1-4-7-10-13-15-17-19-21-23-25-27-28-29-30-31-32-33-34-35-36-38-39-41-43-45-47-49-52-55-58-64(67)70-61-62(60-69-63(66)57-54-51-12-9-6-3)71-65(68)59-56-53-50-48-46-44-42-40-37-26-24-22-20-18-16-14-11-8-5-2/h19,21,25,27,62H,4-18,20,22-24,26,28-61H2,1-3H3/b21-19-,27-25-. The lowest BCUT2D eigenvalue weighted by molar-refractivity contribution is -0.167. The van der Waals surface area contributed by atoms with Crippen LogP contribution in [0.25, 0.3) is 0 Å². The average Bonchev–Trinajstić information content (AvgIpc) is 3.37. The Labute approximate surface area is 443 Å². The van der Waals surface area contributed by atoms with Gasteiger partial charge in [-0.2, -0.15) is 0 Å². The SMILES string of the molecule is CCCCCCC/C=C\C/C=C\CCCCCCCCCCCCCCCCCCCC(=O)OCC(COC(=O)CCCCCCC)OC(=O)CCCCCCCCCCCCCCCCCCCCC.